The number of nitrogens with zero attached hydrogens (tertiary/aromatic N) is 3. The largest absolute Gasteiger partial charge is 0.465 e. The summed E-state index contributed by atoms with van der Waals surface area (Å²) in [7, 11) is 1.40. The lowest BCUT2D eigenvalue weighted by Crippen LogP contribution is -2.25. The maximum atomic E-state index is 12.8. The predicted molar refractivity (Wildman–Crippen MR) is 135 cm³/mol. The maximum Gasteiger partial charge on any atom is 0.343 e. The van der Waals surface area contributed by atoms with E-state index in [1.54, 1.807) is 11.3 Å². The van der Waals surface area contributed by atoms with E-state index in [1.807, 2.05) is 6.33 Å². The lowest BCUT2D eigenvalue weighted by Gasteiger charge is -2.23. The Bertz CT molecular complexity index is 1230. The quantitative estimate of drug-likeness (QED) is 0.519. The molecule has 3 aromatic rings. The van der Waals surface area contributed by atoms with Crippen molar-refractivity contribution in [3.05, 3.63) is 30.1 Å². The number of esters is 1. The summed E-state index contributed by atoms with van der Waals surface area (Å²) in [6.07, 6.45) is 9.94. The summed E-state index contributed by atoms with van der Waals surface area (Å²) in [4.78, 5) is 20.6. The summed E-state index contributed by atoms with van der Waals surface area (Å²) in [6.45, 7) is 1.59. The zero-order chi connectivity index (χ0) is 23.4. The lowest BCUT2D eigenvalue weighted by molar-refractivity contribution is 0.0603. The molecule has 2 aliphatic carbocycles. The molecule has 7 nitrogen and oxygen atoms in total. The molecule has 3 heterocycles. The highest BCUT2D eigenvalue weighted by Crippen LogP contribution is 2.49. The first-order chi connectivity index (χ1) is 16.5. The Morgan fingerprint density at radius 3 is 2.76 bits per heavy atom. The molecule has 0 radical (unpaired) electrons. The lowest BCUT2D eigenvalue weighted by atomic mass is 9.95. The number of carbonyl (C=O) groups excluding carboxylic acids is 1. The number of carbonyl (C=O) groups is 1. The molecule has 1 aliphatic heterocycles. The van der Waals surface area contributed by atoms with Gasteiger partial charge in [-0.25, -0.2) is 9.78 Å². The van der Waals surface area contributed by atoms with Gasteiger partial charge in [-0.2, -0.15) is 0 Å². The fourth-order valence-electron chi connectivity index (χ4n) is 6.39. The van der Waals surface area contributed by atoms with Crippen molar-refractivity contribution in [1.82, 2.24) is 9.55 Å². The first-order valence-electron chi connectivity index (χ1n) is 12.5. The number of anilines is 2. The molecular weight excluding hydrogens is 448 g/mol. The molecule has 1 aromatic carbocycles. The topological polar surface area (TPSA) is 93.6 Å². The van der Waals surface area contributed by atoms with E-state index in [0.717, 1.165) is 52.4 Å². The maximum absolute atomic E-state index is 12.8. The molecule has 3 aliphatic rings. The molecule has 3 fully saturated rings. The minimum atomic E-state index is -0.407. The summed E-state index contributed by atoms with van der Waals surface area (Å²) in [5.41, 5.74) is 10.6. The number of hydrogen-bond acceptors (Lipinski definition) is 7. The number of thiophene rings is 1. The summed E-state index contributed by atoms with van der Waals surface area (Å²) in [6, 6.07) is 6.85. The fraction of sp³-hybridized carbons (Fsp3) is 0.538. The molecule has 2 saturated carbocycles. The van der Waals surface area contributed by atoms with Gasteiger partial charge in [0.25, 0.3) is 0 Å². The van der Waals surface area contributed by atoms with E-state index in [4.69, 9.17) is 15.5 Å². The Hall–Kier alpha value is -2.58. The summed E-state index contributed by atoms with van der Waals surface area (Å²) < 4.78 is 7.45. The summed E-state index contributed by atoms with van der Waals surface area (Å²) >= 11 is 1.55. The van der Waals surface area contributed by atoms with E-state index >= 15 is 0 Å². The van der Waals surface area contributed by atoms with E-state index in [9.17, 15) is 9.90 Å². The Labute approximate surface area is 203 Å². The van der Waals surface area contributed by atoms with Crippen LogP contribution in [0.5, 0.6) is 0 Å². The van der Waals surface area contributed by atoms with Gasteiger partial charge in [0.1, 0.15) is 10.6 Å². The normalized spacial score (nSPS) is 25.2. The van der Waals surface area contributed by atoms with Crippen molar-refractivity contribution in [2.24, 2.45) is 11.8 Å². The highest BCUT2D eigenvalue weighted by atomic mass is 32.1. The van der Waals surface area contributed by atoms with Crippen molar-refractivity contribution in [2.45, 2.75) is 57.1 Å². The van der Waals surface area contributed by atoms with Crippen LogP contribution in [0.2, 0.25) is 0 Å². The van der Waals surface area contributed by atoms with Crippen molar-refractivity contribution in [1.29, 1.82) is 0 Å². The molecule has 0 bridgehead atoms. The molecule has 180 valence electrons. The average Bonchev–Trinajstić information content (AvgIpc) is 3.62. The molecule has 3 N–H and O–H groups in total. The number of nitrogen functional groups attached to an aromatic ring is 1. The Balaban J connectivity index is 1.37. The molecule has 6 rings (SSSR count). The van der Waals surface area contributed by atoms with Crippen LogP contribution in [0.1, 0.15) is 61.3 Å². The van der Waals surface area contributed by atoms with Gasteiger partial charge < -0.3 is 25.0 Å². The number of aliphatic hydroxyl groups excluding tert-OH is 1. The van der Waals surface area contributed by atoms with Gasteiger partial charge in [-0.3, -0.25) is 0 Å². The van der Waals surface area contributed by atoms with Crippen molar-refractivity contribution in [3.63, 3.8) is 0 Å². The first-order valence-corrected chi connectivity index (χ1v) is 13.3. The number of aromatic nitrogens is 2. The van der Waals surface area contributed by atoms with Crippen LogP contribution in [0.15, 0.2) is 24.5 Å². The van der Waals surface area contributed by atoms with Crippen molar-refractivity contribution >= 4 is 39.0 Å². The number of methoxy groups -OCH3 is 1. The van der Waals surface area contributed by atoms with Crippen LogP contribution in [-0.2, 0) is 4.74 Å². The number of imidazole rings is 1. The Kier molecular flexibility index (Phi) is 5.53. The van der Waals surface area contributed by atoms with E-state index in [-0.39, 0.29) is 12.0 Å². The third-order valence-electron chi connectivity index (χ3n) is 8.23. The number of fused-ring (bicyclic) bond motifs is 2. The van der Waals surface area contributed by atoms with Crippen molar-refractivity contribution in [2.75, 3.05) is 30.8 Å². The van der Waals surface area contributed by atoms with Crippen molar-refractivity contribution < 1.29 is 14.6 Å². The number of aliphatic hydroxyl groups is 1. The second-order valence-corrected chi connectivity index (χ2v) is 11.1. The zero-order valence-electron chi connectivity index (χ0n) is 19.6. The summed E-state index contributed by atoms with van der Waals surface area (Å²) in [5, 5.41) is 11.2. The zero-order valence-corrected chi connectivity index (χ0v) is 20.4. The number of benzene rings is 1. The third-order valence-corrected chi connectivity index (χ3v) is 9.54. The number of hydrogen-bond donors (Lipinski definition) is 2. The van der Waals surface area contributed by atoms with Crippen molar-refractivity contribution in [3.8, 4) is 10.4 Å². The average molecular weight is 481 g/mol. The standard InChI is InChI=1S/C26H32N4O3S/c1-33-26(32)22-23(27)24(34-25(22)29-12-16-8-10-21(31)18(16)13-29)15-7-9-20-19(11-15)28-14-30(20)17-5-3-2-4-6-17/h7,9,11,14,16-18,21,31H,2-6,8,10,12-13,27H2,1H3. The second kappa shape index (κ2) is 8.57. The second-order valence-electron chi connectivity index (χ2n) is 10.1. The van der Waals surface area contributed by atoms with Gasteiger partial charge >= 0.3 is 5.97 Å². The van der Waals surface area contributed by atoms with Gasteiger partial charge in [0, 0.05) is 25.0 Å². The van der Waals surface area contributed by atoms with E-state index in [0.29, 0.717) is 23.2 Å². The van der Waals surface area contributed by atoms with E-state index in [1.165, 1.54) is 39.2 Å². The molecule has 0 spiro atoms. The van der Waals surface area contributed by atoms with Gasteiger partial charge in [-0.1, -0.05) is 25.3 Å². The van der Waals surface area contributed by atoms with Crippen LogP contribution in [0, 0.1) is 11.8 Å². The van der Waals surface area contributed by atoms with E-state index in [2.05, 4.69) is 27.7 Å². The molecule has 3 unspecified atom stereocenters. The van der Waals surface area contributed by atoms with Gasteiger partial charge in [0.05, 0.1) is 41.1 Å². The third kappa shape index (κ3) is 3.50. The van der Waals surface area contributed by atoms with Crippen LogP contribution in [0.25, 0.3) is 21.5 Å². The monoisotopic (exact) mass is 480 g/mol. The Morgan fingerprint density at radius 2 is 2.00 bits per heavy atom. The van der Waals surface area contributed by atoms with Crippen LogP contribution in [-0.4, -0.2) is 46.9 Å². The van der Waals surface area contributed by atoms with E-state index < -0.39 is 5.97 Å². The van der Waals surface area contributed by atoms with Gasteiger partial charge in [0.2, 0.25) is 0 Å². The highest BCUT2D eigenvalue weighted by Gasteiger charge is 2.43. The van der Waals surface area contributed by atoms with Crippen LogP contribution in [0.3, 0.4) is 0 Å². The first kappa shape index (κ1) is 21.9. The summed E-state index contributed by atoms with van der Waals surface area (Å²) in [5.74, 6) is 0.319. The predicted octanol–water partition coefficient (Wildman–Crippen LogP) is 4.85. The van der Waals surface area contributed by atoms with Crippen LogP contribution >= 0.6 is 11.3 Å². The van der Waals surface area contributed by atoms with Gasteiger partial charge in [-0.05, 0) is 49.3 Å². The highest BCUT2D eigenvalue weighted by molar-refractivity contribution is 7.20. The molecule has 1 saturated heterocycles. The minimum absolute atomic E-state index is 0.255. The van der Waals surface area contributed by atoms with Crippen LogP contribution in [0.4, 0.5) is 10.7 Å². The minimum Gasteiger partial charge on any atom is -0.465 e. The molecule has 8 heteroatoms. The molecule has 2 aromatic heterocycles. The number of nitrogens with two attached hydrogens (primary N) is 1. The van der Waals surface area contributed by atoms with Crippen LogP contribution < -0.4 is 10.6 Å². The Morgan fingerprint density at radius 1 is 1.18 bits per heavy atom. The van der Waals surface area contributed by atoms with Gasteiger partial charge in [0.15, 0.2) is 0 Å². The molecule has 3 atom stereocenters. The molecule has 34 heavy (non-hydrogen) atoms. The number of ether oxygens (including phenoxy) is 1. The smallest absolute Gasteiger partial charge is 0.343 e. The molecular formula is C26H32N4O3S. The number of rotatable bonds is 4. The van der Waals surface area contributed by atoms with Gasteiger partial charge in [-0.15, -0.1) is 11.3 Å². The fourth-order valence-corrected chi connectivity index (χ4v) is 7.62. The SMILES string of the molecule is COC(=O)c1c(N2CC3CCC(O)C3C2)sc(-c2ccc3c(c2)ncn3C2CCCCC2)c1N. The molecule has 0 amide bonds.